The van der Waals surface area contributed by atoms with Gasteiger partial charge in [0.25, 0.3) is 0 Å². The zero-order valence-corrected chi connectivity index (χ0v) is 17.0. The molecule has 0 saturated heterocycles. The lowest BCUT2D eigenvalue weighted by molar-refractivity contribution is -0.00926. The molecule has 160 valence electrons. The van der Waals surface area contributed by atoms with Crippen LogP contribution in [-0.2, 0) is 25.7 Å². The van der Waals surface area contributed by atoms with Gasteiger partial charge in [0, 0.05) is 0 Å². The number of nitrogens with two attached hydrogens (primary N) is 1. The summed E-state index contributed by atoms with van der Waals surface area (Å²) >= 11 is 5.98. The Kier molecular flexibility index (Phi) is 8.33. The summed E-state index contributed by atoms with van der Waals surface area (Å²) in [5.41, 5.74) is 7.10. The van der Waals surface area contributed by atoms with Crippen molar-refractivity contribution >= 4 is 34.7 Å². The van der Waals surface area contributed by atoms with Gasteiger partial charge in [-0.3, -0.25) is 4.57 Å². The summed E-state index contributed by atoms with van der Waals surface area (Å²) in [6, 6.07) is 8.81. The molecule has 0 unspecified atom stereocenters. The van der Waals surface area contributed by atoms with Gasteiger partial charge < -0.3 is 24.7 Å². The number of carbonyl (C=O) groups is 1. The van der Waals surface area contributed by atoms with Crippen LogP contribution in [0.4, 0.5) is 5.95 Å². The molecule has 2 heterocycles. The second-order valence-corrected chi connectivity index (χ2v) is 6.38. The number of aromatic nitrogens is 4. The van der Waals surface area contributed by atoms with Crippen LogP contribution in [0.15, 0.2) is 36.7 Å². The number of fused-ring (bicyclic) bond motifs is 1. The lowest BCUT2D eigenvalue weighted by atomic mass is 10.2. The van der Waals surface area contributed by atoms with Gasteiger partial charge in [0.1, 0.15) is 18.9 Å². The molecule has 3 aromatic rings. The van der Waals surface area contributed by atoms with Crippen molar-refractivity contribution in [2.75, 3.05) is 45.4 Å². The third-order valence-electron chi connectivity index (χ3n) is 3.88. The van der Waals surface area contributed by atoms with Gasteiger partial charge in [-0.15, -0.1) is 0 Å². The number of benzene rings is 1. The predicted molar refractivity (Wildman–Crippen MR) is 109 cm³/mol. The van der Waals surface area contributed by atoms with Gasteiger partial charge in [-0.1, -0.05) is 29.8 Å². The van der Waals surface area contributed by atoms with E-state index in [-0.39, 0.29) is 30.4 Å². The Morgan fingerprint density at radius 3 is 2.37 bits per heavy atom. The van der Waals surface area contributed by atoms with Gasteiger partial charge in [0.15, 0.2) is 10.8 Å². The number of nitrogens with zero attached hydrogens (tertiary/aromatic N) is 4. The van der Waals surface area contributed by atoms with Crippen LogP contribution < -0.4 is 5.73 Å². The third kappa shape index (κ3) is 6.36. The van der Waals surface area contributed by atoms with Crippen LogP contribution in [0.25, 0.3) is 11.2 Å². The maximum atomic E-state index is 11.7. The molecule has 30 heavy (non-hydrogen) atoms. The van der Waals surface area contributed by atoms with Crippen LogP contribution in [-0.4, -0.2) is 65.1 Å². The van der Waals surface area contributed by atoms with Crippen LogP contribution in [0, 0.1) is 0 Å². The first kappa shape index (κ1) is 21.9. The Labute approximate surface area is 177 Å². The van der Waals surface area contributed by atoms with Gasteiger partial charge in [-0.2, -0.15) is 9.97 Å². The van der Waals surface area contributed by atoms with Crippen LogP contribution in [0.2, 0.25) is 5.15 Å². The highest BCUT2D eigenvalue weighted by molar-refractivity contribution is 6.33. The van der Waals surface area contributed by atoms with Crippen LogP contribution in [0.5, 0.6) is 0 Å². The molecule has 1 aromatic carbocycles. The minimum Gasteiger partial charge on any atom is -0.460 e. The van der Waals surface area contributed by atoms with Gasteiger partial charge in [0.2, 0.25) is 5.95 Å². The molecule has 0 fully saturated rings. The molecule has 0 aliphatic rings. The summed E-state index contributed by atoms with van der Waals surface area (Å²) in [6.07, 6.45) is 1.56. The van der Waals surface area contributed by atoms with E-state index in [1.165, 1.54) is 0 Å². The van der Waals surface area contributed by atoms with Crippen molar-refractivity contribution in [1.82, 2.24) is 19.5 Å². The Hall–Kier alpha value is -2.79. The molecule has 0 aliphatic carbocycles. The zero-order valence-electron chi connectivity index (χ0n) is 16.2. The molecule has 0 bridgehead atoms. The van der Waals surface area contributed by atoms with E-state index >= 15 is 0 Å². The van der Waals surface area contributed by atoms with Crippen molar-refractivity contribution in [3.8, 4) is 0 Å². The van der Waals surface area contributed by atoms with E-state index in [1.54, 1.807) is 35.2 Å². The Morgan fingerprint density at radius 1 is 0.967 bits per heavy atom. The molecule has 0 spiro atoms. The molecule has 2 N–H and O–H groups in total. The monoisotopic (exact) mass is 435 g/mol. The first-order chi connectivity index (χ1) is 14.6. The predicted octanol–water partition coefficient (Wildman–Crippen LogP) is 1.93. The smallest absolute Gasteiger partial charge is 0.338 e. The number of anilines is 1. The molecule has 0 aliphatic heterocycles. The quantitative estimate of drug-likeness (QED) is 0.258. The molecule has 0 atom stereocenters. The molecule has 0 radical (unpaired) electrons. The maximum absolute atomic E-state index is 11.7. The summed E-state index contributed by atoms with van der Waals surface area (Å²) in [5, 5.41) is 0.203. The largest absolute Gasteiger partial charge is 0.460 e. The molecule has 2 aromatic heterocycles. The van der Waals surface area contributed by atoms with Crippen LogP contribution >= 0.6 is 11.6 Å². The van der Waals surface area contributed by atoms with Crippen molar-refractivity contribution in [3.05, 3.63) is 47.4 Å². The van der Waals surface area contributed by atoms with E-state index in [0.29, 0.717) is 49.8 Å². The van der Waals surface area contributed by atoms with E-state index in [9.17, 15) is 4.79 Å². The minimum absolute atomic E-state index is 0.0763. The number of halogens is 1. The van der Waals surface area contributed by atoms with Crippen LogP contribution in [0.1, 0.15) is 10.4 Å². The molecule has 0 saturated carbocycles. The van der Waals surface area contributed by atoms with E-state index in [2.05, 4.69) is 15.0 Å². The summed E-state index contributed by atoms with van der Waals surface area (Å²) in [7, 11) is 0. The highest BCUT2D eigenvalue weighted by Gasteiger charge is 2.10. The van der Waals surface area contributed by atoms with Gasteiger partial charge >= 0.3 is 5.97 Å². The molecule has 10 nitrogen and oxygen atoms in total. The second kappa shape index (κ2) is 11.4. The fourth-order valence-electron chi connectivity index (χ4n) is 2.47. The number of hydrogen-bond donors (Lipinski definition) is 1. The van der Waals surface area contributed by atoms with Gasteiger partial charge in [-0.25, -0.2) is 9.78 Å². The average Bonchev–Trinajstić information content (AvgIpc) is 3.15. The number of ether oxygens (including phenoxy) is 4. The first-order valence-corrected chi connectivity index (χ1v) is 9.62. The Morgan fingerprint density at radius 2 is 1.63 bits per heavy atom. The fraction of sp³-hybridized carbons (Fsp3) is 0.368. The van der Waals surface area contributed by atoms with Gasteiger partial charge in [-0.05, 0) is 12.1 Å². The van der Waals surface area contributed by atoms with Crippen molar-refractivity contribution < 1.29 is 23.7 Å². The van der Waals surface area contributed by atoms with E-state index in [1.807, 2.05) is 6.07 Å². The number of esters is 1. The lowest BCUT2D eigenvalue weighted by Gasteiger charge is -2.08. The SMILES string of the molecule is Nc1nc(Cl)c2ncn(COCCOCCOCCOC(=O)c3ccccc3)c2n1. The van der Waals surface area contributed by atoms with E-state index in [4.69, 9.17) is 36.3 Å². The van der Waals surface area contributed by atoms with Crippen LogP contribution in [0.3, 0.4) is 0 Å². The highest BCUT2D eigenvalue weighted by Crippen LogP contribution is 2.19. The fourth-order valence-corrected chi connectivity index (χ4v) is 2.69. The third-order valence-corrected chi connectivity index (χ3v) is 4.15. The summed E-state index contributed by atoms with van der Waals surface area (Å²) in [6.45, 7) is 2.30. The number of carbonyl (C=O) groups excluding carboxylic acids is 1. The molecular formula is C19H22ClN5O5. The Balaban J connectivity index is 1.20. The molecule has 11 heteroatoms. The standard InChI is InChI=1S/C19H22ClN5O5/c20-16-15-17(24-19(21)23-16)25(12-22-15)13-29-9-8-27-6-7-28-10-11-30-18(26)14-4-2-1-3-5-14/h1-5,12H,6-11,13H2,(H2,21,23,24). The van der Waals surface area contributed by atoms with E-state index < -0.39 is 0 Å². The van der Waals surface area contributed by atoms with Gasteiger partial charge in [0.05, 0.1) is 44.9 Å². The first-order valence-electron chi connectivity index (χ1n) is 9.24. The number of hydrogen-bond acceptors (Lipinski definition) is 9. The number of rotatable bonds is 12. The lowest BCUT2D eigenvalue weighted by Crippen LogP contribution is -2.14. The maximum Gasteiger partial charge on any atom is 0.338 e. The normalized spacial score (nSPS) is 11.1. The summed E-state index contributed by atoms with van der Waals surface area (Å²) in [4.78, 5) is 23.8. The zero-order chi connectivity index (χ0) is 21.2. The summed E-state index contributed by atoms with van der Waals surface area (Å²) in [5.74, 6) is -0.290. The summed E-state index contributed by atoms with van der Waals surface area (Å²) < 4.78 is 23.1. The molecule has 0 amide bonds. The van der Waals surface area contributed by atoms with Crippen molar-refractivity contribution in [2.24, 2.45) is 0 Å². The van der Waals surface area contributed by atoms with E-state index in [0.717, 1.165) is 0 Å². The molecular weight excluding hydrogens is 414 g/mol. The Bertz CT molecular complexity index is 953. The topological polar surface area (TPSA) is 124 Å². The van der Waals surface area contributed by atoms with Crippen molar-refractivity contribution in [3.63, 3.8) is 0 Å². The highest BCUT2D eigenvalue weighted by atomic mass is 35.5. The minimum atomic E-state index is -0.366. The average molecular weight is 436 g/mol. The van der Waals surface area contributed by atoms with Crippen molar-refractivity contribution in [1.29, 1.82) is 0 Å². The number of imidazole rings is 1. The number of nitrogen functional groups attached to an aromatic ring is 1. The van der Waals surface area contributed by atoms with Crippen molar-refractivity contribution in [2.45, 2.75) is 6.73 Å². The second-order valence-electron chi connectivity index (χ2n) is 6.02. The molecule has 3 rings (SSSR count).